The van der Waals surface area contributed by atoms with Crippen molar-refractivity contribution >= 4 is 0 Å². The van der Waals surface area contributed by atoms with E-state index < -0.39 is 0 Å². The summed E-state index contributed by atoms with van der Waals surface area (Å²) in [6.45, 7) is 6.84. The molecule has 2 aliphatic heterocycles. The molecular weight excluding hydrogens is 200 g/mol. The standard InChI is InChI=1S/C13H26N2O/c1(12-4-9-16-10-5-12)6-14-7-2-13-3-8-15-11-13/h12-15H,1-11H2. The highest BCUT2D eigenvalue weighted by Gasteiger charge is 2.14. The third kappa shape index (κ3) is 4.40. The van der Waals surface area contributed by atoms with Crippen molar-refractivity contribution < 1.29 is 4.74 Å². The molecule has 3 nitrogen and oxygen atoms in total. The fourth-order valence-corrected chi connectivity index (χ4v) is 2.73. The number of hydrogen-bond acceptors (Lipinski definition) is 3. The van der Waals surface area contributed by atoms with Crippen LogP contribution < -0.4 is 10.6 Å². The molecule has 0 amide bonds. The molecule has 0 saturated carbocycles. The minimum absolute atomic E-state index is 0.911. The van der Waals surface area contributed by atoms with Crippen LogP contribution in [0.15, 0.2) is 0 Å². The Morgan fingerprint density at radius 2 is 1.75 bits per heavy atom. The highest BCUT2D eigenvalue weighted by molar-refractivity contribution is 4.72. The lowest BCUT2D eigenvalue weighted by Crippen LogP contribution is -2.24. The Kier molecular flexibility index (Phi) is 5.59. The van der Waals surface area contributed by atoms with Gasteiger partial charge in [-0.05, 0) is 70.1 Å². The quantitative estimate of drug-likeness (QED) is 0.672. The smallest absolute Gasteiger partial charge is 0.0468 e. The third-order valence-electron chi connectivity index (χ3n) is 3.96. The molecule has 16 heavy (non-hydrogen) atoms. The van der Waals surface area contributed by atoms with Gasteiger partial charge in [-0.1, -0.05) is 0 Å². The maximum Gasteiger partial charge on any atom is 0.0468 e. The van der Waals surface area contributed by atoms with E-state index in [1.165, 1.54) is 58.3 Å². The lowest BCUT2D eigenvalue weighted by molar-refractivity contribution is 0.0640. The lowest BCUT2D eigenvalue weighted by Gasteiger charge is -2.22. The van der Waals surface area contributed by atoms with E-state index in [2.05, 4.69) is 10.6 Å². The van der Waals surface area contributed by atoms with Crippen molar-refractivity contribution in [1.29, 1.82) is 0 Å². The van der Waals surface area contributed by atoms with Crippen LogP contribution in [0.3, 0.4) is 0 Å². The highest BCUT2D eigenvalue weighted by Crippen LogP contribution is 2.17. The Balaban J connectivity index is 1.42. The van der Waals surface area contributed by atoms with E-state index in [1.807, 2.05) is 0 Å². The van der Waals surface area contributed by atoms with E-state index in [0.29, 0.717) is 0 Å². The molecule has 0 aromatic heterocycles. The van der Waals surface area contributed by atoms with Crippen molar-refractivity contribution in [3.8, 4) is 0 Å². The molecule has 2 saturated heterocycles. The molecule has 2 fully saturated rings. The fourth-order valence-electron chi connectivity index (χ4n) is 2.73. The van der Waals surface area contributed by atoms with Gasteiger partial charge < -0.3 is 15.4 Å². The van der Waals surface area contributed by atoms with Crippen LogP contribution in [-0.2, 0) is 4.74 Å². The van der Waals surface area contributed by atoms with Crippen molar-refractivity contribution in [2.45, 2.75) is 32.1 Å². The summed E-state index contributed by atoms with van der Waals surface area (Å²) in [7, 11) is 0. The Bertz CT molecular complexity index is 175. The molecule has 1 unspecified atom stereocenters. The van der Waals surface area contributed by atoms with Crippen LogP contribution in [0.2, 0.25) is 0 Å². The Morgan fingerprint density at radius 3 is 2.44 bits per heavy atom. The first-order valence-electron chi connectivity index (χ1n) is 6.94. The summed E-state index contributed by atoms with van der Waals surface area (Å²) in [6, 6.07) is 0. The minimum Gasteiger partial charge on any atom is -0.381 e. The molecule has 0 aromatic rings. The van der Waals surface area contributed by atoms with Gasteiger partial charge in [-0.25, -0.2) is 0 Å². The van der Waals surface area contributed by atoms with Crippen molar-refractivity contribution in [2.24, 2.45) is 11.8 Å². The summed E-state index contributed by atoms with van der Waals surface area (Å²) in [5.41, 5.74) is 0. The summed E-state index contributed by atoms with van der Waals surface area (Å²) in [6.07, 6.45) is 6.61. The number of nitrogens with one attached hydrogen (secondary N) is 2. The molecule has 0 aliphatic carbocycles. The molecule has 1 atom stereocenters. The van der Waals surface area contributed by atoms with Crippen LogP contribution in [0, 0.1) is 11.8 Å². The molecule has 0 aromatic carbocycles. The van der Waals surface area contributed by atoms with E-state index in [9.17, 15) is 0 Å². The van der Waals surface area contributed by atoms with E-state index in [4.69, 9.17) is 4.74 Å². The van der Waals surface area contributed by atoms with Gasteiger partial charge in [-0.15, -0.1) is 0 Å². The van der Waals surface area contributed by atoms with Gasteiger partial charge in [0.2, 0.25) is 0 Å². The van der Waals surface area contributed by atoms with E-state index in [-0.39, 0.29) is 0 Å². The first-order valence-corrected chi connectivity index (χ1v) is 6.94. The molecule has 3 heteroatoms. The zero-order valence-electron chi connectivity index (χ0n) is 10.3. The molecule has 0 bridgehead atoms. The van der Waals surface area contributed by atoms with Gasteiger partial charge in [0.1, 0.15) is 0 Å². The Hall–Kier alpha value is -0.120. The van der Waals surface area contributed by atoms with E-state index in [0.717, 1.165) is 25.0 Å². The second-order valence-electron chi connectivity index (χ2n) is 5.24. The first kappa shape index (κ1) is 12.3. The van der Waals surface area contributed by atoms with Gasteiger partial charge >= 0.3 is 0 Å². The SMILES string of the molecule is C(CC1CCOCC1)NCCC1CCNC1. The van der Waals surface area contributed by atoms with Crippen LogP contribution in [0.25, 0.3) is 0 Å². The zero-order valence-corrected chi connectivity index (χ0v) is 10.3. The van der Waals surface area contributed by atoms with Crippen LogP contribution in [0.1, 0.15) is 32.1 Å². The topological polar surface area (TPSA) is 33.3 Å². The zero-order chi connectivity index (χ0) is 11.1. The second-order valence-corrected chi connectivity index (χ2v) is 5.24. The fraction of sp³-hybridized carbons (Fsp3) is 1.00. The molecular formula is C13H26N2O. The average molecular weight is 226 g/mol. The summed E-state index contributed by atoms with van der Waals surface area (Å²) < 4.78 is 5.37. The van der Waals surface area contributed by atoms with Gasteiger partial charge in [0.15, 0.2) is 0 Å². The molecule has 0 spiro atoms. The molecule has 2 aliphatic rings. The summed E-state index contributed by atoms with van der Waals surface area (Å²) >= 11 is 0. The molecule has 2 N–H and O–H groups in total. The maximum atomic E-state index is 5.37. The predicted octanol–water partition coefficient (Wildman–Crippen LogP) is 1.39. The summed E-state index contributed by atoms with van der Waals surface area (Å²) in [4.78, 5) is 0. The Morgan fingerprint density at radius 1 is 1.00 bits per heavy atom. The van der Waals surface area contributed by atoms with Crippen molar-refractivity contribution in [3.05, 3.63) is 0 Å². The number of hydrogen-bond donors (Lipinski definition) is 2. The first-order chi connectivity index (χ1) is 7.95. The average Bonchev–Trinajstić information content (AvgIpc) is 2.83. The maximum absolute atomic E-state index is 5.37. The lowest BCUT2D eigenvalue weighted by atomic mass is 9.96. The predicted molar refractivity (Wildman–Crippen MR) is 66.6 cm³/mol. The monoisotopic (exact) mass is 226 g/mol. The third-order valence-corrected chi connectivity index (χ3v) is 3.96. The molecule has 2 heterocycles. The minimum atomic E-state index is 0.911. The van der Waals surface area contributed by atoms with Gasteiger partial charge in [0, 0.05) is 13.2 Å². The molecule has 0 radical (unpaired) electrons. The van der Waals surface area contributed by atoms with Gasteiger partial charge in [-0.3, -0.25) is 0 Å². The van der Waals surface area contributed by atoms with E-state index in [1.54, 1.807) is 0 Å². The van der Waals surface area contributed by atoms with Crippen molar-refractivity contribution in [2.75, 3.05) is 39.4 Å². The summed E-state index contributed by atoms with van der Waals surface area (Å²) in [5.74, 6) is 1.84. The van der Waals surface area contributed by atoms with Crippen LogP contribution in [0.5, 0.6) is 0 Å². The normalized spacial score (nSPS) is 27.4. The van der Waals surface area contributed by atoms with Crippen LogP contribution in [0.4, 0.5) is 0 Å². The van der Waals surface area contributed by atoms with Gasteiger partial charge in [0.05, 0.1) is 0 Å². The highest BCUT2D eigenvalue weighted by atomic mass is 16.5. The largest absolute Gasteiger partial charge is 0.381 e. The van der Waals surface area contributed by atoms with Crippen LogP contribution >= 0.6 is 0 Å². The Labute approximate surface area is 99.3 Å². The summed E-state index contributed by atoms with van der Waals surface area (Å²) in [5, 5.41) is 7.01. The van der Waals surface area contributed by atoms with Crippen LogP contribution in [-0.4, -0.2) is 39.4 Å². The number of rotatable bonds is 6. The van der Waals surface area contributed by atoms with Crippen molar-refractivity contribution in [3.63, 3.8) is 0 Å². The van der Waals surface area contributed by atoms with Crippen molar-refractivity contribution in [1.82, 2.24) is 10.6 Å². The molecule has 2 rings (SSSR count). The molecule has 94 valence electrons. The van der Waals surface area contributed by atoms with Gasteiger partial charge in [-0.2, -0.15) is 0 Å². The second kappa shape index (κ2) is 7.25. The number of ether oxygens (including phenoxy) is 1. The van der Waals surface area contributed by atoms with E-state index >= 15 is 0 Å². The van der Waals surface area contributed by atoms with Gasteiger partial charge in [0.25, 0.3) is 0 Å².